The molecule has 2 N–H and O–H groups in total. The van der Waals surface area contributed by atoms with E-state index in [0.29, 0.717) is 6.54 Å². The van der Waals surface area contributed by atoms with Crippen molar-refractivity contribution in [3.8, 4) is 0 Å². The average molecular weight is 299 g/mol. The minimum Gasteiger partial charge on any atom is -0.481 e. The Labute approximate surface area is 145 Å². The standard InChI is InChI=1S/C15H20N2O3.Na/c18-14(19)10-4-2-1-3-7-11-17-13-9-6-5-8-12(13)16-15(17)20;/h5-6,8-9H,1-4,7,10-11H2,(H,16,20)(H,18,19);. The number of unbranched alkanes of at least 4 members (excludes halogenated alkanes) is 4. The second kappa shape index (κ2) is 9.07. The fraction of sp³-hybridized carbons (Fsp3) is 0.467. The summed E-state index contributed by atoms with van der Waals surface area (Å²) in [6, 6.07) is 7.68. The van der Waals surface area contributed by atoms with Gasteiger partial charge in [-0.25, -0.2) is 4.79 Å². The van der Waals surface area contributed by atoms with Crippen LogP contribution in [0.15, 0.2) is 29.1 Å². The maximum Gasteiger partial charge on any atom is 0.326 e. The number of carboxylic acids is 1. The zero-order valence-corrected chi connectivity index (χ0v) is 14.5. The first-order valence-electron chi connectivity index (χ1n) is 7.08. The van der Waals surface area contributed by atoms with Crippen LogP contribution < -0.4 is 5.69 Å². The Morgan fingerprint density at radius 2 is 1.76 bits per heavy atom. The van der Waals surface area contributed by atoms with E-state index in [1.165, 1.54) is 0 Å². The van der Waals surface area contributed by atoms with E-state index >= 15 is 0 Å². The summed E-state index contributed by atoms with van der Waals surface area (Å²) >= 11 is 0. The van der Waals surface area contributed by atoms with Crippen LogP contribution in [-0.2, 0) is 11.3 Å². The van der Waals surface area contributed by atoms with Gasteiger partial charge in [0, 0.05) is 42.5 Å². The summed E-state index contributed by atoms with van der Waals surface area (Å²) in [5.41, 5.74) is 1.76. The minimum absolute atomic E-state index is 0. The van der Waals surface area contributed by atoms with Gasteiger partial charge in [0.1, 0.15) is 0 Å². The van der Waals surface area contributed by atoms with Crippen LogP contribution in [-0.4, -0.2) is 50.2 Å². The van der Waals surface area contributed by atoms with E-state index in [0.717, 1.165) is 43.1 Å². The van der Waals surface area contributed by atoms with Crippen molar-refractivity contribution in [2.24, 2.45) is 0 Å². The number of fused-ring (bicyclic) bond motifs is 1. The summed E-state index contributed by atoms with van der Waals surface area (Å²) in [7, 11) is 0. The third-order valence-corrected chi connectivity index (χ3v) is 3.45. The van der Waals surface area contributed by atoms with Crippen molar-refractivity contribution in [1.29, 1.82) is 0 Å². The smallest absolute Gasteiger partial charge is 0.326 e. The van der Waals surface area contributed by atoms with E-state index < -0.39 is 5.97 Å². The zero-order valence-electron chi connectivity index (χ0n) is 12.5. The number of aromatic amines is 1. The predicted molar refractivity (Wildman–Crippen MR) is 83.7 cm³/mol. The van der Waals surface area contributed by atoms with Crippen molar-refractivity contribution in [1.82, 2.24) is 9.55 Å². The normalized spacial score (nSPS) is 10.5. The summed E-state index contributed by atoms with van der Waals surface area (Å²) < 4.78 is 1.77. The Morgan fingerprint density at radius 1 is 1.10 bits per heavy atom. The number of hydrogen-bond acceptors (Lipinski definition) is 2. The van der Waals surface area contributed by atoms with E-state index in [1.54, 1.807) is 4.57 Å². The molecule has 0 atom stereocenters. The number of aliphatic carboxylic acids is 1. The molecule has 0 saturated carbocycles. The molecule has 0 bridgehead atoms. The molecular formula is C15H20N2NaO3. The van der Waals surface area contributed by atoms with Crippen LogP contribution in [0.3, 0.4) is 0 Å². The fourth-order valence-electron chi connectivity index (χ4n) is 2.41. The maximum atomic E-state index is 11.8. The van der Waals surface area contributed by atoms with Crippen LogP contribution in [0.25, 0.3) is 11.0 Å². The van der Waals surface area contributed by atoms with Gasteiger partial charge in [0.15, 0.2) is 0 Å². The Balaban J connectivity index is 0.00000220. The molecule has 1 aromatic carbocycles. The maximum absolute atomic E-state index is 11.8. The molecule has 0 aliphatic heterocycles. The number of hydrogen-bond donors (Lipinski definition) is 2. The number of H-pyrrole nitrogens is 1. The molecule has 1 aromatic heterocycles. The first-order chi connectivity index (χ1) is 9.68. The largest absolute Gasteiger partial charge is 0.481 e. The van der Waals surface area contributed by atoms with Crippen molar-refractivity contribution in [2.75, 3.05) is 0 Å². The van der Waals surface area contributed by atoms with Gasteiger partial charge < -0.3 is 10.1 Å². The van der Waals surface area contributed by atoms with Gasteiger partial charge >= 0.3 is 11.7 Å². The van der Waals surface area contributed by atoms with Gasteiger partial charge in [0.05, 0.1) is 11.0 Å². The second-order valence-electron chi connectivity index (χ2n) is 5.01. The molecule has 0 fully saturated rings. The van der Waals surface area contributed by atoms with Crippen LogP contribution in [0.2, 0.25) is 0 Å². The number of aryl methyl sites for hydroxylation is 1. The number of para-hydroxylation sites is 2. The molecule has 6 heteroatoms. The first-order valence-corrected chi connectivity index (χ1v) is 7.08. The molecule has 1 heterocycles. The quantitative estimate of drug-likeness (QED) is 0.580. The van der Waals surface area contributed by atoms with Crippen LogP contribution in [0.4, 0.5) is 0 Å². The SMILES string of the molecule is O=C(O)CCCCCCCn1c(=O)[nH]c2ccccc21.[Na]. The molecule has 109 valence electrons. The molecule has 0 spiro atoms. The number of carbonyl (C=O) groups is 1. The van der Waals surface area contributed by atoms with Gasteiger partial charge in [0.25, 0.3) is 0 Å². The van der Waals surface area contributed by atoms with Crippen LogP contribution >= 0.6 is 0 Å². The molecule has 0 unspecified atom stereocenters. The van der Waals surface area contributed by atoms with Crippen LogP contribution in [0.1, 0.15) is 38.5 Å². The number of imidazole rings is 1. The third-order valence-electron chi connectivity index (χ3n) is 3.45. The summed E-state index contributed by atoms with van der Waals surface area (Å²) in [5.74, 6) is -0.727. The van der Waals surface area contributed by atoms with Gasteiger partial charge in [-0.15, -0.1) is 0 Å². The predicted octanol–water partition coefficient (Wildman–Crippen LogP) is 2.37. The third kappa shape index (κ3) is 5.34. The van der Waals surface area contributed by atoms with Gasteiger partial charge in [-0.1, -0.05) is 31.4 Å². The van der Waals surface area contributed by atoms with Gasteiger partial charge in [-0.2, -0.15) is 0 Å². The number of carboxylic acid groups (broad SMARTS) is 1. The summed E-state index contributed by atoms with van der Waals surface area (Å²) in [6.07, 6.45) is 4.91. The summed E-state index contributed by atoms with van der Waals surface area (Å²) in [4.78, 5) is 25.0. The van der Waals surface area contributed by atoms with E-state index in [9.17, 15) is 9.59 Å². The Morgan fingerprint density at radius 3 is 2.52 bits per heavy atom. The zero-order chi connectivity index (χ0) is 14.4. The van der Waals surface area contributed by atoms with Gasteiger partial charge in [-0.3, -0.25) is 9.36 Å². The van der Waals surface area contributed by atoms with Crippen molar-refractivity contribution in [3.05, 3.63) is 34.7 Å². The number of rotatable bonds is 8. The second-order valence-corrected chi connectivity index (χ2v) is 5.01. The molecule has 0 amide bonds. The molecular weight excluding hydrogens is 279 g/mol. The van der Waals surface area contributed by atoms with Gasteiger partial charge in [-0.05, 0) is 25.0 Å². The summed E-state index contributed by atoms with van der Waals surface area (Å²) in [6.45, 7) is 0.710. The van der Waals surface area contributed by atoms with Gasteiger partial charge in [0.2, 0.25) is 0 Å². The molecule has 0 saturated heterocycles. The average Bonchev–Trinajstić information content (AvgIpc) is 2.73. The monoisotopic (exact) mass is 299 g/mol. The molecule has 1 radical (unpaired) electrons. The number of benzene rings is 1. The van der Waals surface area contributed by atoms with Crippen LogP contribution in [0, 0.1) is 0 Å². The van der Waals surface area contributed by atoms with Crippen molar-refractivity contribution >= 4 is 46.6 Å². The molecule has 21 heavy (non-hydrogen) atoms. The van der Waals surface area contributed by atoms with Crippen molar-refractivity contribution in [3.63, 3.8) is 0 Å². The first kappa shape index (κ1) is 18.0. The summed E-state index contributed by atoms with van der Waals surface area (Å²) in [5, 5.41) is 8.53. The minimum atomic E-state index is -0.727. The number of nitrogens with one attached hydrogen (secondary N) is 1. The molecule has 5 nitrogen and oxygen atoms in total. The molecule has 2 aromatic rings. The van der Waals surface area contributed by atoms with E-state index in [-0.39, 0.29) is 41.7 Å². The number of nitrogens with zero attached hydrogens (tertiary/aromatic N) is 1. The topological polar surface area (TPSA) is 75.1 Å². The molecule has 2 rings (SSSR count). The van der Waals surface area contributed by atoms with E-state index in [2.05, 4.69) is 4.98 Å². The molecule has 0 aliphatic carbocycles. The Bertz CT molecular complexity index is 633. The molecule has 0 aliphatic rings. The Hall–Kier alpha value is -1.04. The van der Waals surface area contributed by atoms with E-state index in [1.807, 2.05) is 24.3 Å². The van der Waals surface area contributed by atoms with Crippen molar-refractivity contribution in [2.45, 2.75) is 45.1 Å². The number of aromatic nitrogens is 2. The van der Waals surface area contributed by atoms with Crippen LogP contribution in [0.5, 0.6) is 0 Å². The van der Waals surface area contributed by atoms with E-state index in [4.69, 9.17) is 5.11 Å². The fourth-order valence-corrected chi connectivity index (χ4v) is 2.41. The van der Waals surface area contributed by atoms with Crippen molar-refractivity contribution < 1.29 is 9.90 Å². The Kier molecular flexibility index (Phi) is 7.78.